The number of imidazole rings is 2. The zero-order chi connectivity index (χ0) is 25.1. The van der Waals surface area contributed by atoms with Crippen molar-refractivity contribution in [3.05, 3.63) is 33.4 Å². The van der Waals surface area contributed by atoms with Crippen LogP contribution in [0.25, 0.3) is 22.3 Å². The van der Waals surface area contributed by atoms with E-state index in [9.17, 15) is 19.2 Å². The lowest BCUT2D eigenvalue weighted by Gasteiger charge is -2.22. The van der Waals surface area contributed by atoms with Crippen LogP contribution in [-0.2, 0) is 22.7 Å². The van der Waals surface area contributed by atoms with Crippen molar-refractivity contribution in [2.45, 2.75) is 13.1 Å². The van der Waals surface area contributed by atoms with Gasteiger partial charge in [0.1, 0.15) is 13.1 Å². The van der Waals surface area contributed by atoms with Crippen molar-refractivity contribution >= 4 is 46.0 Å². The number of aromatic amines is 2. The Kier molecular flexibility index (Phi) is 6.40. The highest BCUT2D eigenvalue weighted by Crippen LogP contribution is 2.08. The van der Waals surface area contributed by atoms with E-state index in [0.29, 0.717) is 0 Å². The number of anilines is 2. The van der Waals surface area contributed by atoms with Crippen molar-refractivity contribution in [2.24, 2.45) is 5.73 Å². The van der Waals surface area contributed by atoms with Crippen LogP contribution < -0.4 is 33.6 Å². The van der Waals surface area contributed by atoms with Crippen molar-refractivity contribution in [3.63, 3.8) is 0 Å². The molecule has 9 N–H and O–H groups in total. The molecule has 184 valence electrons. The molecule has 0 aromatic carbocycles. The molecule has 0 aliphatic heterocycles. The maximum atomic E-state index is 12.9. The van der Waals surface area contributed by atoms with Crippen LogP contribution >= 0.6 is 0 Å². The number of H-pyrrole nitrogens is 2. The summed E-state index contributed by atoms with van der Waals surface area (Å²) in [5, 5.41) is 2.70. The fourth-order valence-electron chi connectivity index (χ4n) is 3.48. The highest BCUT2D eigenvalue weighted by Gasteiger charge is 2.17. The summed E-state index contributed by atoms with van der Waals surface area (Å²) >= 11 is 0. The molecule has 0 unspecified atom stereocenters. The maximum absolute atomic E-state index is 12.9. The molecule has 0 aliphatic rings. The predicted octanol–water partition coefficient (Wildman–Crippen LogP) is -3.68. The zero-order valence-corrected chi connectivity index (χ0v) is 18.4. The van der Waals surface area contributed by atoms with Gasteiger partial charge in [-0.25, -0.2) is 9.97 Å². The third-order valence-corrected chi connectivity index (χ3v) is 5.06. The van der Waals surface area contributed by atoms with Gasteiger partial charge in [-0.1, -0.05) is 0 Å². The number of nitrogen functional groups attached to an aromatic ring is 2. The summed E-state index contributed by atoms with van der Waals surface area (Å²) in [7, 11) is 0. The number of carbonyl (C=O) groups is 2. The Morgan fingerprint density at radius 2 is 1.46 bits per heavy atom. The first-order valence-electron chi connectivity index (χ1n) is 10.4. The largest absolute Gasteiger partial charge is 0.369 e. The van der Waals surface area contributed by atoms with Gasteiger partial charge in [-0.05, 0) is 0 Å². The van der Waals surface area contributed by atoms with Crippen molar-refractivity contribution in [3.8, 4) is 0 Å². The first kappa shape index (κ1) is 23.4. The fraction of sp³-hybridized carbons (Fsp3) is 0.333. The van der Waals surface area contributed by atoms with Crippen LogP contribution in [-0.4, -0.2) is 81.9 Å². The minimum Gasteiger partial charge on any atom is -0.369 e. The van der Waals surface area contributed by atoms with Crippen LogP contribution in [0, 0.1) is 0 Å². The van der Waals surface area contributed by atoms with E-state index in [4.69, 9.17) is 17.2 Å². The summed E-state index contributed by atoms with van der Waals surface area (Å²) in [5.74, 6) is -0.881. The van der Waals surface area contributed by atoms with Crippen LogP contribution in [0.5, 0.6) is 0 Å². The first-order chi connectivity index (χ1) is 16.8. The molecule has 0 saturated heterocycles. The topological polar surface area (TPSA) is 255 Å². The second kappa shape index (κ2) is 9.59. The normalized spacial score (nSPS) is 11.2. The average molecular weight is 485 g/mol. The van der Waals surface area contributed by atoms with E-state index < -0.39 is 11.1 Å². The van der Waals surface area contributed by atoms with Crippen molar-refractivity contribution in [1.29, 1.82) is 0 Å². The number of nitrogens with one attached hydrogen (secondary N) is 3. The van der Waals surface area contributed by atoms with Gasteiger partial charge >= 0.3 is 0 Å². The van der Waals surface area contributed by atoms with Crippen LogP contribution in [0.3, 0.4) is 0 Å². The summed E-state index contributed by atoms with van der Waals surface area (Å²) in [6, 6.07) is 0. The van der Waals surface area contributed by atoms with E-state index in [2.05, 4.69) is 35.2 Å². The minimum atomic E-state index is -0.506. The first-order valence-corrected chi connectivity index (χ1v) is 10.4. The standard InChI is InChI=1S/C18H23N13O4/c19-1-3-29(10(33)6-31-8-24-12-14(31)26-18(21)28-16(12)35)4-2-22-9(32)5-30-7-23-11-13(30)25-17(20)27-15(11)34/h7-8H,1-6,19H2,(H,22,32)(H3,20,25,27,34)(H3,21,26,28,35). The molecule has 17 heteroatoms. The van der Waals surface area contributed by atoms with Crippen LogP contribution in [0.2, 0.25) is 0 Å². The molecule has 4 heterocycles. The molecule has 0 fully saturated rings. The van der Waals surface area contributed by atoms with Gasteiger partial charge in [0, 0.05) is 26.2 Å². The number of nitrogens with zero attached hydrogens (tertiary/aromatic N) is 7. The average Bonchev–Trinajstić information content (AvgIpc) is 3.37. The molecule has 0 radical (unpaired) electrons. The molecular formula is C18H23N13O4. The Morgan fingerprint density at radius 1 is 0.914 bits per heavy atom. The lowest BCUT2D eigenvalue weighted by molar-refractivity contribution is -0.132. The molecule has 0 bridgehead atoms. The summed E-state index contributed by atoms with van der Waals surface area (Å²) in [6.07, 6.45) is 2.64. The van der Waals surface area contributed by atoms with Gasteiger partial charge in [-0.15, -0.1) is 0 Å². The smallest absolute Gasteiger partial charge is 0.280 e. The molecule has 0 spiro atoms. The van der Waals surface area contributed by atoms with Crippen molar-refractivity contribution in [2.75, 3.05) is 37.6 Å². The molecule has 0 aliphatic carbocycles. The maximum Gasteiger partial charge on any atom is 0.280 e. The molecule has 0 saturated carbocycles. The number of rotatable bonds is 9. The zero-order valence-electron chi connectivity index (χ0n) is 18.4. The van der Waals surface area contributed by atoms with E-state index in [1.54, 1.807) is 0 Å². The highest BCUT2D eigenvalue weighted by molar-refractivity contribution is 5.80. The van der Waals surface area contributed by atoms with Gasteiger partial charge < -0.3 is 36.6 Å². The SMILES string of the molecule is NCCN(CCNC(=O)Cn1cnc2c(=O)[nH]c(N)nc21)C(=O)Cn1cnc2c(=O)[nH]c(N)nc21. The van der Waals surface area contributed by atoms with Crippen LogP contribution in [0.4, 0.5) is 11.9 Å². The fourth-order valence-corrected chi connectivity index (χ4v) is 3.48. The number of carbonyl (C=O) groups excluding carboxylic acids is 2. The molecule has 4 aromatic heterocycles. The summed E-state index contributed by atoms with van der Waals surface area (Å²) in [6.45, 7) is 0.472. The second-order valence-corrected chi connectivity index (χ2v) is 7.51. The summed E-state index contributed by atoms with van der Waals surface area (Å²) in [5.41, 5.74) is 16.3. The quantitative estimate of drug-likeness (QED) is 0.134. The molecule has 0 atom stereocenters. The number of nitrogens with two attached hydrogens (primary N) is 3. The number of amides is 2. The van der Waals surface area contributed by atoms with Gasteiger partial charge in [-0.3, -0.25) is 29.1 Å². The lowest BCUT2D eigenvalue weighted by atomic mass is 10.4. The molecule has 17 nitrogen and oxygen atoms in total. The van der Waals surface area contributed by atoms with Crippen molar-refractivity contribution in [1.82, 2.24) is 49.3 Å². The number of hydrogen-bond acceptors (Lipinski definition) is 11. The van der Waals surface area contributed by atoms with Gasteiger partial charge in [0.2, 0.25) is 23.7 Å². The van der Waals surface area contributed by atoms with Gasteiger partial charge in [0.15, 0.2) is 22.3 Å². The second-order valence-electron chi connectivity index (χ2n) is 7.51. The lowest BCUT2D eigenvalue weighted by Crippen LogP contribution is -2.43. The molecule has 35 heavy (non-hydrogen) atoms. The third kappa shape index (κ3) is 4.93. The van der Waals surface area contributed by atoms with Gasteiger partial charge in [-0.2, -0.15) is 9.97 Å². The Bertz CT molecular complexity index is 1510. The Morgan fingerprint density at radius 3 is 2.00 bits per heavy atom. The summed E-state index contributed by atoms with van der Waals surface area (Å²) < 4.78 is 2.81. The summed E-state index contributed by atoms with van der Waals surface area (Å²) in [4.78, 5) is 71.2. The van der Waals surface area contributed by atoms with Gasteiger partial charge in [0.25, 0.3) is 11.1 Å². The number of fused-ring (bicyclic) bond motifs is 2. The van der Waals surface area contributed by atoms with E-state index in [-0.39, 0.29) is 85.3 Å². The molecule has 4 aromatic rings. The molecule has 4 rings (SSSR count). The Hall–Kier alpha value is -4.80. The minimum absolute atomic E-state index is 0.0647. The third-order valence-electron chi connectivity index (χ3n) is 5.06. The number of hydrogen-bond donors (Lipinski definition) is 6. The van der Waals surface area contributed by atoms with Crippen LogP contribution in [0.15, 0.2) is 22.2 Å². The highest BCUT2D eigenvalue weighted by atomic mass is 16.2. The van der Waals surface area contributed by atoms with E-state index >= 15 is 0 Å². The molecular weight excluding hydrogens is 462 g/mol. The van der Waals surface area contributed by atoms with Crippen molar-refractivity contribution < 1.29 is 9.59 Å². The van der Waals surface area contributed by atoms with E-state index in [1.807, 2.05) is 0 Å². The van der Waals surface area contributed by atoms with E-state index in [1.165, 1.54) is 26.7 Å². The molecule has 2 amide bonds. The van der Waals surface area contributed by atoms with E-state index in [0.717, 1.165) is 0 Å². The monoisotopic (exact) mass is 485 g/mol. The Labute approximate surface area is 195 Å². The number of aromatic nitrogens is 8. The predicted molar refractivity (Wildman–Crippen MR) is 124 cm³/mol. The van der Waals surface area contributed by atoms with Gasteiger partial charge in [0.05, 0.1) is 12.7 Å². The van der Waals surface area contributed by atoms with Crippen LogP contribution in [0.1, 0.15) is 0 Å². The Balaban J connectivity index is 1.37.